The van der Waals surface area contributed by atoms with Crippen LogP contribution in [0, 0.1) is 5.41 Å². The average Bonchev–Trinajstić information content (AvgIpc) is 2.14. The van der Waals surface area contributed by atoms with Gasteiger partial charge < -0.3 is 0 Å². The molecule has 0 aromatic carbocycles. The van der Waals surface area contributed by atoms with Crippen molar-refractivity contribution in [2.75, 3.05) is 6.54 Å². The van der Waals surface area contributed by atoms with E-state index in [1.54, 1.807) is 0 Å². The summed E-state index contributed by atoms with van der Waals surface area (Å²) in [4.78, 5) is 0. The molecule has 0 aromatic rings. The third-order valence-electron chi connectivity index (χ3n) is 4.03. The number of hydrazine groups is 1. The van der Waals surface area contributed by atoms with Crippen LogP contribution in [0.15, 0.2) is 0 Å². The molecule has 3 rings (SSSR count). The molecule has 3 fully saturated rings. The van der Waals surface area contributed by atoms with Crippen LogP contribution in [-0.4, -0.2) is 34.2 Å². The standard InChI is InChI=1S/C15H30N2/c1-14(2,3)11-16-12-7-9-13(10-8-12)17(16)15(4,5)6/h12-13H,7-11H2,1-6H3. The number of nitrogens with zero attached hydrogens (tertiary/aromatic N) is 2. The van der Waals surface area contributed by atoms with Gasteiger partial charge in [0, 0.05) is 24.2 Å². The Morgan fingerprint density at radius 3 is 1.71 bits per heavy atom. The summed E-state index contributed by atoms with van der Waals surface area (Å²) < 4.78 is 0. The van der Waals surface area contributed by atoms with Crippen LogP contribution < -0.4 is 0 Å². The van der Waals surface area contributed by atoms with Crippen molar-refractivity contribution < 1.29 is 0 Å². The number of fused-ring (bicyclic) bond motifs is 3. The van der Waals surface area contributed by atoms with E-state index in [4.69, 9.17) is 0 Å². The molecule has 2 saturated heterocycles. The summed E-state index contributed by atoms with van der Waals surface area (Å²) in [7, 11) is 0. The molecule has 2 heterocycles. The van der Waals surface area contributed by atoms with E-state index in [0.717, 1.165) is 12.1 Å². The first-order valence-electron chi connectivity index (χ1n) is 7.24. The summed E-state index contributed by atoms with van der Waals surface area (Å²) in [5, 5.41) is 5.41. The number of rotatable bonds is 1. The topological polar surface area (TPSA) is 6.48 Å². The Morgan fingerprint density at radius 2 is 1.29 bits per heavy atom. The molecule has 2 bridgehead atoms. The van der Waals surface area contributed by atoms with Gasteiger partial charge in [0.15, 0.2) is 0 Å². The minimum atomic E-state index is 0.273. The van der Waals surface area contributed by atoms with E-state index in [0.29, 0.717) is 5.41 Å². The zero-order valence-electron chi connectivity index (χ0n) is 12.6. The molecule has 1 saturated carbocycles. The lowest BCUT2D eigenvalue weighted by Crippen LogP contribution is -2.67. The van der Waals surface area contributed by atoms with Crippen LogP contribution in [0.4, 0.5) is 0 Å². The second kappa shape index (κ2) is 4.24. The Balaban J connectivity index is 2.20. The normalized spacial score (nSPS) is 32.1. The van der Waals surface area contributed by atoms with Crippen molar-refractivity contribution in [2.45, 2.75) is 84.8 Å². The first-order valence-corrected chi connectivity index (χ1v) is 7.24. The zero-order chi connectivity index (χ0) is 12.8. The van der Waals surface area contributed by atoms with Gasteiger partial charge in [0.25, 0.3) is 0 Å². The summed E-state index contributed by atoms with van der Waals surface area (Å²) >= 11 is 0. The van der Waals surface area contributed by atoms with Crippen LogP contribution in [0.3, 0.4) is 0 Å². The van der Waals surface area contributed by atoms with Gasteiger partial charge in [-0.25, -0.2) is 10.0 Å². The van der Waals surface area contributed by atoms with Gasteiger partial charge >= 0.3 is 0 Å². The highest BCUT2D eigenvalue weighted by Gasteiger charge is 2.45. The Bertz CT molecular complexity index is 264. The molecule has 0 amide bonds. The van der Waals surface area contributed by atoms with E-state index in [1.807, 2.05) is 0 Å². The summed E-state index contributed by atoms with van der Waals surface area (Å²) in [5.74, 6) is 0. The Labute approximate surface area is 107 Å². The molecule has 100 valence electrons. The molecule has 3 aliphatic rings. The van der Waals surface area contributed by atoms with Crippen LogP contribution in [0.2, 0.25) is 0 Å². The van der Waals surface area contributed by atoms with E-state index in [-0.39, 0.29) is 5.54 Å². The van der Waals surface area contributed by atoms with E-state index in [9.17, 15) is 0 Å². The Kier molecular flexibility index (Phi) is 3.33. The molecule has 0 N–H and O–H groups in total. The van der Waals surface area contributed by atoms with Gasteiger partial charge in [0.1, 0.15) is 0 Å². The molecule has 0 radical (unpaired) electrons. The lowest BCUT2D eigenvalue weighted by molar-refractivity contribution is -0.211. The highest BCUT2D eigenvalue weighted by Crippen LogP contribution is 2.40. The fraction of sp³-hybridized carbons (Fsp3) is 1.00. The third kappa shape index (κ3) is 2.85. The first-order chi connectivity index (χ1) is 7.68. The van der Waals surface area contributed by atoms with Gasteiger partial charge in [-0.3, -0.25) is 0 Å². The van der Waals surface area contributed by atoms with Crippen LogP contribution in [0.1, 0.15) is 67.2 Å². The fourth-order valence-electron chi connectivity index (χ4n) is 3.61. The lowest BCUT2D eigenvalue weighted by atomic mass is 9.83. The highest BCUT2D eigenvalue weighted by molar-refractivity contribution is 4.95. The SMILES string of the molecule is CC(C)(C)CN1C2CCC(CC2)N1C(C)(C)C. The van der Waals surface area contributed by atoms with Gasteiger partial charge in [0.05, 0.1) is 0 Å². The van der Waals surface area contributed by atoms with Crippen molar-refractivity contribution in [1.82, 2.24) is 10.0 Å². The average molecular weight is 238 g/mol. The maximum Gasteiger partial charge on any atom is 0.0275 e. The highest BCUT2D eigenvalue weighted by atomic mass is 15.7. The number of hydrogen-bond acceptors (Lipinski definition) is 2. The van der Waals surface area contributed by atoms with Gasteiger partial charge in [-0.1, -0.05) is 20.8 Å². The molecule has 2 heteroatoms. The number of hydrogen-bond donors (Lipinski definition) is 0. The van der Waals surface area contributed by atoms with E-state index >= 15 is 0 Å². The van der Waals surface area contributed by atoms with Crippen LogP contribution >= 0.6 is 0 Å². The quantitative estimate of drug-likeness (QED) is 0.687. The Hall–Kier alpha value is -0.0800. The van der Waals surface area contributed by atoms with Crippen LogP contribution in [0.25, 0.3) is 0 Å². The maximum absolute atomic E-state index is 2.71. The van der Waals surface area contributed by atoms with Crippen molar-refractivity contribution in [3.63, 3.8) is 0 Å². The molecule has 17 heavy (non-hydrogen) atoms. The van der Waals surface area contributed by atoms with Crippen LogP contribution in [0.5, 0.6) is 0 Å². The summed E-state index contributed by atoms with van der Waals surface area (Å²) in [6, 6.07) is 1.60. The van der Waals surface area contributed by atoms with E-state index in [1.165, 1.54) is 32.2 Å². The van der Waals surface area contributed by atoms with Crippen LogP contribution in [-0.2, 0) is 0 Å². The molecular formula is C15H30N2. The summed E-state index contributed by atoms with van der Waals surface area (Å²) in [6.07, 6.45) is 5.63. The zero-order valence-corrected chi connectivity index (χ0v) is 12.6. The largest absolute Gasteiger partial charge is 0.237 e. The van der Waals surface area contributed by atoms with Gasteiger partial charge in [0.2, 0.25) is 0 Å². The van der Waals surface area contributed by atoms with E-state index in [2.05, 4.69) is 51.6 Å². The molecule has 2 nitrogen and oxygen atoms in total. The van der Waals surface area contributed by atoms with Crippen molar-refractivity contribution in [3.05, 3.63) is 0 Å². The molecule has 0 atom stereocenters. The molecule has 0 aromatic heterocycles. The molecule has 1 aliphatic carbocycles. The van der Waals surface area contributed by atoms with Crippen molar-refractivity contribution in [1.29, 1.82) is 0 Å². The fourth-order valence-corrected chi connectivity index (χ4v) is 3.61. The van der Waals surface area contributed by atoms with E-state index < -0.39 is 0 Å². The van der Waals surface area contributed by atoms with Gasteiger partial charge in [-0.15, -0.1) is 0 Å². The summed E-state index contributed by atoms with van der Waals surface area (Å²) in [6.45, 7) is 15.4. The Morgan fingerprint density at radius 1 is 0.824 bits per heavy atom. The van der Waals surface area contributed by atoms with Crippen molar-refractivity contribution in [3.8, 4) is 0 Å². The smallest absolute Gasteiger partial charge is 0.0275 e. The first kappa shape index (κ1) is 13.4. The molecular weight excluding hydrogens is 208 g/mol. The third-order valence-corrected chi connectivity index (χ3v) is 4.03. The minimum absolute atomic E-state index is 0.273. The maximum atomic E-state index is 2.71. The van der Waals surface area contributed by atoms with Gasteiger partial charge in [-0.2, -0.15) is 0 Å². The van der Waals surface area contributed by atoms with Crippen molar-refractivity contribution >= 4 is 0 Å². The molecule has 0 unspecified atom stereocenters. The van der Waals surface area contributed by atoms with Crippen molar-refractivity contribution in [2.24, 2.45) is 5.41 Å². The monoisotopic (exact) mass is 238 g/mol. The second-order valence-electron chi connectivity index (χ2n) is 8.14. The second-order valence-corrected chi connectivity index (χ2v) is 8.14. The predicted molar refractivity (Wildman–Crippen MR) is 73.8 cm³/mol. The minimum Gasteiger partial charge on any atom is -0.237 e. The lowest BCUT2D eigenvalue weighted by Gasteiger charge is -2.59. The molecule has 2 aliphatic heterocycles. The predicted octanol–water partition coefficient (Wildman–Crippen LogP) is 3.67. The summed E-state index contributed by atoms with van der Waals surface area (Å²) in [5.41, 5.74) is 0.663. The van der Waals surface area contributed by atoms with Gasteiger partial charge in [-0.05, 0) is 51.9 Å². The molecule has 0 spiro atoms.